The molecule has 0 aromatic carbocycles. The van der Waals surface area contributed by atoms with Crippen LogP contribution in [0.3, 0.4) is 0 Å². The van der Waals surface area contributed by atoms with Crippen molar-refractivity contribution < 1.29 is 4.74 Å². The molecule has 1 atom stereocenters. The first-order valence-corrected chi connectivity index (χ1v) is 4.22. The van der Waals surface area contributed by atoms with Gasteiger partial charge in [0, 0.05) is 42.6 Å². The molecule has 2 nitrogen and oxygen atoms in total. The van der Waals surface area contributed by atoms with Crippen molar-refractivity contribution in [2.24, 2.45) is 0 Å². The van der Waals surface area contributed by atoms with E-state index in [-0.39, 0.29) is 0 Å². The molecule has 0 saturated carbocycles. The second-order valence-electron chi connectivity index (χ2n) is 2.37. The summed E-state index contributed by atoms with van der Waals surface area (Å²) >= 11 is 2.37. The Balaban J connectivity index is 2.22. The minimum Gasteiger partial charge on any atom is -0.383 e. The fourth-order valence-electron chi connectivity index (χ4n) is 1.16. The van der Waals surface area contributed by atoms with Gasteiger partial charge in [-0.15, -0.1) is 0 Å². The summed E-state index contributed by atoms with van der Waals surface area (Å²) in [6, 6.07) is 0.676. The predicted molar refractivity (Wildman–Crippen MR) is 45.6 cm³/mol. The Labute approximate surface area is 70.0 Å². The average Bonchev–Trinajstić information content (AvgIpc) is 2.18. The Hall–Kier alpha value is 0.650. The highest BCUT2D eigenvalue weighted by atomic mass is 127. The largest absolute Gasteiger partial charge is 0.383 e. The van der Waals surface area contributed by atoms with Crippen LogP contribution in [0.5, 0.6) is 0 Å². The van der Waals surface area contributed by atoms with E-state index in [1.54, 1.807) is 7.11 Å². The summed E-state index contributed by atoms with van der Waals surface area (Å²) < 4.78 is 7.38. The lowest BCUT2D eigenvalue weighted by Crippen LogP contribution is -2.23. The maximum atomic E-state index is 5.05. The molecule has 0 amide bonds. The Morgan fingerprint density at radius 2 is 2.56 bits per heavy atom. The van der Waals surface area contributed by atoms with Crippen LogP contribution in [0.15, 0.2) is 0 Å². The lowest BCUT2D eigenvalue weighted by Gasteiger charge is -2.15. The second-order valence-corrected chi connectivity index (χ2v) is 3.61. The van der Waals surface area contributed by atoms with Crippen LogP contribution >= 0.6 is 22.9 Å². The van der Waals surface area contributed by atoms with Gasteiger partial charge in [0.2, 0.25) is 0 Å². The monoisotopic (exact) mass is 241 g/mol. The molecule has 3 heteroatoms. The molecular formula is C6H12INO. The van der Waals surface area contributed by atoms with Crippen molar-refractivity contribution in [2.45, 2.75) is 18.9 Å². The van der Waals surface area contributed by atoms with Crippen molar-refractivity contribution in [1.29, 1.82) is 0 Å². The van der Waals surface area contributed by atoms with Gasteiger partial charge < -0.3 is 4.74 Å². The van der Waals surface area contributed by atoms with Crippen molar-refractivity contribution >= 4 is 22.9 Å². The molecular weight excluding hydrogens is 229 g/mol. The zero-order chi connectivity index (χ0) is 6.69. The topological polar surface area (TPSA) is 12.5 Å². The van der Waals surface area contributed by atoms with E-state index in [0.717, 1.165) is 6.61 Å². The summed E-state index contributed by atoms with van der Waals surface area (Å²) in [5, 5.41) is 0. The smallest absolute Gasteiger partial charge is 0.0626 e. The molecule has 0 N–H and O–H groups in total. The van der Waals surface area contributed by atoms with E-state index in [0.29, 0.717) is 6.04 Å². The third-order valence-corrected chi connectivity index (χ3v) is 2.93. The van der Waals surface area contributed by atoms with Gasteiger partial charge in [-0.2, -0.15) is 0 Å². The second kappa shape index (κ2) is 3.73. The molecule has 54 valence electrons. The normalized spacial score (nSPS) is 29.3. The Bertz CT molecular complexity index is 89.1. The quantitative estimate of drug-likeness (QED) is 0.536. The number of rotatable bonds is 2. The van der Waals surface area contributed by atoms with Crippen LogP contribution in [0.1, 0.15) is 12.8 Å². The standard InChI is InChI=1S/C6H12INO/c1-9-5-6-3-2-4-8(6)7/h6H,2-5H2,1H3/t6-/m1/s1. The molecule has 0 aromatic heterocycles. The summed E-state index contributed by atoms with van der Waals surface area (Å²) in [7, 11) is 1.77. The summed E-state index contributed by atoms with van der Waals surface area (Å²) in [4.78, 5) is 0. The lowest BCUT2D eigenvalue weighted by molar-refractivity contribution is 0.157. The van der Waals surface area contributed by atoms with E-state index >= 15 is 0 Å². The Morgan fingerprint density at radius 3 is 3.00 bits per heavy atom. The number of hydrogen-bond acceptors (Lipinski definition) is 2. The molecule has 0 aliphatic carbocycles. The zero-order valence-corrected chi connectivity index (χ0v) is 7.80. The van der Waals surface area contributed by atoms with Crippen LogP contribution in [0, 0.1) is 0 Å². The summed E-state index contributed by atoms with van der Waals surface area (Å²) in [6.45, 7) is 2.12. The Kier molecular flexibility index (Phi) is 3.21. The number of methoxy groups -OCH3 is 1. The van der Waals surface area contributed by atoms with Gasteiger partial charge in [0.15, 0.2) is 0 Å². The first-order valence-electron chi connectivity index (χ1n) is 3.26. The van der Waals surface area contributed by atoms with Crippen molar-refractivity contribution in [2.75, 3.05) is 20.3 Å². The van der Waals surface area contributed by atoms with Crippen molar-refractivity contribution in [3.05, 3.63) is 0 Å². The number of hydrogen-bond donors (Lipinski definition) is 0. The van der Waals surface area contributed by atoms with Crippen LogP contribution < -0.4 is 0 Å². The van der Waals surface area contributed by atoms with Gasteiger partial charge in [-0.25, -0.2) is 3.11 Å². The first-order chi connectivity index (χ1) is 4.34. The molecule has 0 radical (unpaired) electrons. The predicted octanol–water partition coefficient (Wildman–Crippen LogP) is 1.45. The molecule has 9 heavy (non-hydrogen) atoms. The molecule has 0 spiro atoms. The summed E-state index contributed by atoms with van der Waals surface area (Å²) in [5.74, 6) is 0. The number of nitrogens with zero attached hydrogens (tertiary/aromatic N) is 1. The Morgan fingerprint density at radius 1 is 1.78 bits per heavy atom. The maximum absolute atomic E-state index is 5.05. The first kappa shape index (κ1) is 7.75. The molecule has 1 heterocycles. The van der Waals surface area contributed by atoms with Crippen LogP contribution in [0.4, 0.5) is 0 Å². The fourth-order valence-corrected chi connectivity index (χ4v) is 1.94. The van der Waals surface area contributed by atoms with Crippen molar-refractivity contribution in [3.8, 4) is 0 Å². The van der Waals surface area contributed by atoms with E-state index < -0.39 is 0 Å². The molecule has 0 bridgehead atoms. The molecule has 1 rings (SSSR count). The molecule has 1 saturated heterocycles. The lowest BCUT2D eigenvalue weighted by atomic mass is 10.2. The molecule has 1 aliphatic heterocycles. The average molecular weight is 241 g/mol. The van der Waals surface area contributed by atoms with Crippen LogP contribution in [0.25, 0.3) is 0 Å². The number of ether oxygens (including phenoxy) is 1. The summed E-state index contributed by atoms with van der Waals surface area (Å²) in [5.41, 5.74) is 0. The van der Waals surface area contributed by atoms with Gasteiger partial charge in [-0.3, -0.25) is 0 Å². The van der Waals surface area contributed by atoms with E-state index in [1.807, 2.05) is 0 Å². The van der Waals surface area contributed by atoms with E-state index in [9.17, 15) is 0 Å². The molecule has 0 unspecified atom stereocenters. The highest BCUT2D eigenvalue weighted by Gasteiger charge is 2.21. The van der Waals surface area contributed by atoms with Crippen LogP contribution in [-0.2, 0) is 4.74 Å². The van der Waals surface area contributed by atoms with Gasteiger partial charge >= 0.3 is 0 Å². The maximum Gasteiger partial charge on any atom is 0.0626 e. The fraction of sp³-hybridized carbons (Fsp3) is 1.00. The van der Waals surface area contributed by atoms with Crippen molar-refractivity contribution in [3.63, 3.8) is 0 Å². The van der Waals surface area contributed by atoms with E-state index in [4.69, 9.17) is 4.74 Å². The molecule has 0 aromatic rings. The van der Waals surface area contributed by atoms with Gasteiger partial charge in [-0.05, 0) is 12.8 Å². The van der Waals surface area contributed by atoms with Gasteiger partial charge in [-0.1, -0.05) is 0 Å². The van der Waals surface area contributed by atoms with E-state index in [1.165, 1.54) is 19.4 Å². The van der Waals surface area contributed by atoms with Gasteiger partial charge in [0.25, 0.3) is 0 Å². The van der Waals surface area contributed by atoms with Crippen LogP contribution in [0.2, 0.25) is 0 Å². The highest BCUT2D eigenvalue weighted by molar-refractivity contribution is 14.1. The van der Waals surface area contributed by atoms with Gasteiger partial charge in [0.1, 0.15) is 0 Å². The zero-order valence-electron chi connectivity index (χ0n) is 5.64. The van der Waals surface area contributed by atoms with Gasteiger partial charge in [0.05, 0.1) is 6.61 Å². The minimum absolute atomic E-state index is 0.676. The summed E-state index contributed by atoms with van der Waals surface area (Å²) in [6.07, 6.45) is 2.63. The number of halogens is 1. The minimum atomic E-state index is 0.676. The third kappa shape index (κ3) is 2.05. The van der Waals surface area contributed by atoms with E-state index in [2.05, 4.69) is 26.0 Å². The third-order valence-electron chi connectivity index (χ3n) is 1.66. The van der Waals surface area contributed by atoms with Crippen LogP contribution in [-0.4, -0.2) is 29.4 Å². The molecule has 1 fully saturated rings. The SMILES string of the molecule is COC[C@H]1CCCN1I. The highest BCUT2D eigenvalue weighted by Crippen LogP contribution is 2.20. The molecule has 1 aliphatic rings. The van der Waals surface area contributed by atoms with Crippen molar-refractivity contribution in [1.82, 2.24) is 3.11 Å².